The molecule has 106 valence electrons. The Balaban J connectivity index is 2.03. The molecule has 0 radical (unpaired) electrons. The summed E-state index contributed by atoms with van der Waals surface area (Å²) in [5.74, 6) is 1.71. The van der Waals surface area contributed by atoms with E-state index < -0.39 is 0 Å². The van der Waals surface area contributed by atoms with Crippen LogP contribution in [0.3, 0.4) is 0 Å². The van der Waals surface area contributed by atoms with E-state index in [1.54, 1.807) is 12.1 Å². The first-order valence-electron chi connectivity index (χ1n) is 7.03. The number of hydrogen-bond donors (Lipinski definition) is 1. The lowest BCUT2D eigenvalue weighted by molar-refractivity contribution is 0.483. The molecule has 0 fully saturated rings. The molecule has 0 unspecified atom stereocenters. The zero-order valence-corrected chi connectivity index (χ0v) is 12.1. The molecule has 0 aliphatic rings. The molecule has 1 N–H and O–H groups in total. The minimum atomic E-state index is 0.0194. The minimum Gasteiger partial charge on any atom is -0.457 e. The van der Waals surface area contributed by atoms with Crippen molar-refractivity contribution in [2.24, 2.45) is 0 Å². The van der Waals surface area contributed by atoms with Crippen molar-refractivity contribution in [3.63, 3.8) is 0 Å². The van der Waals surface area contributed by atoms with Gasteiger partial charge >= 0.3 is 0 Å². The number of para-hydroxylation sites is 1. The van der Waals surface area contributed by atoms with Crippen molar-refractivity contribution in [3.05, 3.63) is 70.5 Å². The van der Waals surface area contributed by atoms with Gasteiger partial charge in [-0.3, -0.25) is 4.79 Å². The molecule has 1 heterocycles. The molecule has 0 atom stereocenters. The highest BCUT2D eigenvalue weighted by molar-refractivity contribution is 5.80. The van der Waals surface area contributed by atoms with Gasteiger partial charge in [-0.2, -0.15) is 0 Å². The first kappa shape index (κ1) is 13.4. The third-order valence-corrected chi connectivity index (χ3v) is 3.42. The summed E-state index contributed by atoms with van der Waals surface area (Å²) in [5.41, 5.74) is 1.81. The molecule has 3 aromatic rings. The van der Waals surface area contributed by atoms with E-state index in [1.807, 2.05) is 42.5 Å². The first-order valence-corrected chi connectivity index (χ1v) is 7.03. The monoisotopic (exact) mass is 279 g/mol. The summed E-state index contributed by atoms with van der Waals surface area (Å²) in [6.07, 6.45) is 0. The second-order valence-corrected chi connectivity index (χ2v) is 5.37. The van der Waals surface area contributed by atoms with Gasteiger partial charge in [0.1, 0.15) is 11.5 Å². The molecule has 3 rings (SSSR count). The number of benzene rings is 2. The summed E-state index contributed by atoms with van der Waals surface area (Å²) >= 11 is 0. The largest absolute Gasteiger partial charge is 0.457 e. The highest BCUT2D eigenvalue weighted by Crippen LogP contribution is 2.24. The van der Waals surface area contributed by atoms with Gasteiger partial charge in [-0.25, -0.2) is 0 Å². The summed E-state index contributed by atoms with van der Waals surface area (Å²) < 4.78 is 5.77. The summed E-state index contributed by atoms with van der Waals surface area (Å²) in [7, 11) is 0. The molecular weight excluding hydrogens is 262 g/mol. The molecule has 21 heavy (non-hydrogen) atoms. The fraction of sp³-hybridized carbons (Fsp3) is 0.167. The minimum absolute atomic E-state index is 0.0194. The molecule has 0 amide bonds. The van der Waals surface area contributed by atoms with Gasteiger partial charge in [0.05, 0.1) is 0 Å². The molecule has 1 aromatic heterocycles. The number of rotatable bonds is 3. The molecule has 0 saturated carbocycles. The molecule has 2 aromatic carbocycles. The van der Waals surface area contributed by atoms with Gasteiger partial charge in [-0.15, -0.1) is 0 Å². The highest BCUT2D eigenvalue weighted by atomic mass is 16.5. The van der Waals surface area contributed by atoms with Gasteiger partial charge in [-0.1, -0.05) is 32.0 Å². The lowest BCUT2D eigenvalue weighted by atomic mass is 10.1. The van der Waals surface area contributed by atoms with E-state index in [9.17, 15) is 4.79 Å². The highest BCUT2D eigenvalue weighted by Gasteiger charge is 2.07. The summed E-state index contributed by atoms with van der Waals surface area (Å²) in [4.78, 5) is 15.5. The Bertz CT molecular complexity index is 819. The third kappa shape index (κ3) is 2.82. The number of pyridine rings is 1. The zero-order valence-electron chi connectivity index (χ0n) is 12.1. The molecule has 0 saturated heterocycles. The van der Waals surface area contributed by atoms with Crippen LogP contribution in [0, 0.1) is 0 Å². The van der Waals surface area contributed by atoms with Crippen LogP contribution in [0.4, 0.5) is 0 Å². The van der Waals surface area contributed by atoms with Gasteiger partial charge in [0.15, 0.2) is 5.43 Å². The van der Waals surface area contributed by atoms with Gasteiger partial charge in [0.2, 0.25) is 0 Å². The quantitative estimate of drug-likeness (QED) is 0.770. The van der Waals surface area contributed by atoms with E-state index in [0.717, 1.165) is 17.0 Å². The van der Waals surface area contributed by atoms with Crippen LogP contribution in [0.5, 0.6) is 11.5 Å². The number of nitrogens with one attached hydrogen (secondary N) is 1. The van der Waals surface area contributed by atoms with Crippen molar-refractivity contribution in [2.75, 3.05) is 0 Å². The second kappa shape index (κ2) is 5.44. The van der Waals surface area contributed by atoms with Crippen LogP contribution in [0.15, 0.2) is 59.4 Å². The number of aromatic amines is 1. The Morgan fingerprint density at radius 2 is 1.71 bits per heavy atom. The predicted octanol–water partition coefficient (Wildman–Crippen LogP) is 4.44. The zero-order chi connectivity index (χ0) is 14.8. The Kier molecular flexibility index (Phi) is 3.48. The van der Waals surface area contributed by atoms with Crippen molar-refractivity contribution in [1.82, 2.24) is 4.98 Å². The predicted molar refractivity (Wildman–Crippen MR) is 85.2 cm³/mol. The third-order valence-electron chi connectivity index (χ3n) is 3.42. The topological polar surface area (TPSA) is 42.1 Å². The van der Waals surface area contributed by atoms with Crippen molar-refractivity contribution >= 4 is 10.9 Å². The molecular formula is C18H17NO2. The Morgan fingerprint density at radius 1 is 0.952 bits per heavy atom. The number of ether oxygens (including phenoxy) is 1. The average Bonchev–Trinajstić information content (AvgIpc) is 2.48. The number of H-pyrrole nitrogens is 1. The van der Waals surface area contributed by atoms with Gasteiger partial charge in [0.25, 0.3) is 0 Å². The fourth-order valence-electron chi connectivity index (χ4n) is 2.25. The van der Waals surface area contributed by atoms with Gasteiger partial charge < -0.3 is 9.72 Å². The Morgan fingerprint density at radius 3 is 2.43 bits per heavy atom. The Labute approximate surface area is 123 Å². The van der Waals surface area contributed by atoms with E-state index >= 15 is 0 Å². The van der Waals surface area contributed by atoms with Crippen LogP contribution < -0.4 is 10.2 Å². The van der Waals surface area contributed by atoms with Crippen LogP contribution in [0.25, 0.3) is 10.9 Å². The lowest BCUT2D eigenvalue weighted by Crippen LogP contribution is -2.06. The average molecular weight is 279 g/mol. The smallest absolute Gasteiger partial charge is 0.189 e. The van der Waals surface area contributed by atoms with E-state index in [2.05, 4.69) is 18.8 Å². The van der Waals surface area contributed by atoms with Crippen LogP contribution in [-0.2, 0) is 0 Å². The van der Waals surface area contributed by atoms with Crippen molar-refractivity contribution in [2.45, 2.75) is 19.8 Å². The van der Waals surface area contributed by atoms with Crippen molar-refractivity contribution in [3.8, 4) is 11.5 Å². The van der Waals surface area contributed by atoms with Crippen LogP contribution in [0.2, 0.25) is 0 Å². The van der Waals surface area contributed by atoms with Gasteiger partial charge in [0, 0.05) is 22.7 Å². The fourth-order valence-corrected chi connectivity index (χ4v) is 2.25. The van der Waals surface area contributed by atoms with Crippen molar-refractivity contribution < 1.29 is 4.74 Å². The molecule has 3 heteroatoms. The second-order valence-electron chi connectivity index (χ2n) is 5.37. The summed E-state index contributed by atoms with van der Waals surface area (Å²) in [5, 5.41) is 0.646. The lowest BCUT2D eigenvalue weighted by Gasteiger charge is -2.09. The number of hydrogen-bond acceptors (Lipinski definition) is 2. The first-order chi connectivity index (χ1) is 10.1. The SMILES string of the molecule is CC(C)c1cc(=O)c2cc(Oc3ccccc3)ccc2[nH]1. The van der Waals surface area contributed by atoms with Crippen molar-refractivity contribution in [1.29, 1.82) is 0 Å². The van der Waals surface area contributed by atoms with Crippen LogP contribution in [-0.4, -0.2) is 4.98 Å². The maximum atomic E-state index is 12.2. The number of aromatic nitrogens is 1. The molecule has 0 spiro atoms. The molecule has 0 aliphatic heterocycles. The van der Waals surface area contributed by atoms with E-state index in [4.69, 9.17) is 4.74 Å². The normalized spacial score (nSPS) is 11.0. The molecule has 3 nitrogen and oxygen atoms in total. The summed E-state index contributed by atoms with van der Waals surface area (Å²) in [6.45, 7) is 4.12. The Hall–Kier alpha value is -2.55. The van der Waals surface area contributed by atoms with E-state index in [1.165, 1.54) is 0 Å². The maximum Gasteiger partial charge on any atom is 0.189 e. The molecule has 0 bridgehead atoms. The van der Waals surface area contributed by atoms with Crippen LogP contribution in [0.1, 0.15) is 25.5 Å². The van der Waals surface area contributed by atoms with Gasteiger partial charge in [-0.05, 0) is 36.2 Å². The standard InChI is InChI=1S/C18H17NO2/c1-12(2)17-11-18(20)15-10-14(8-9-16(15)19-17)21-13-6-4-3-5-7-13/h3-12H,1-2H3,(H,19,20). The maximum absolute atomic E-state index is 12.2. The van der Waals surface area contributed by atoms with Crippen LogP contribution >= 0.6 is 0 Å². The van der Waals surface area contributed by atoms with E-state index in [-0.39, 0.29) is 5.43 Å². The summed E-state index contributed by atoms with van der Waals surface area (Å²) in [6, 6.07) is 16.7. The molecule has 0 aliphatic carbocycles. The number of fused-ring (bicyclic) bond motifs is 1. The van der Waals surface area contributed by atoms with E-state index in [0.29, 0.717) is 17.1 Å².